The molecule has 0 unspecified atom stereocenters. The van der Waals surface area contributed by atoms with Crippen LogP contribution in [-0.2, 0) is 11.2 Å². The van der Waals surface area contributed by atoms with E-state index in [1.54, 1.807) is 7.11 Å². The van der Waals surface area contributed by atoms with Gasteiger partial charge in [0.1, 0.15) is 17.2 Å². The highest BCUT2D eigenvalue weighted by molar-refractivity contribution is 5.75. The summed E-state index contributed by atoms with van der Waals surface area (Å²) < 4.78 is 16.4. The molecule has 152 valence electrons. The topological polar surface area (TPSA) is 56.8 Å². The molecule has 1 N–H and O–H groups in total. The second-order valence-corrected chi connectivity index (χ2v) is 6.89. The third kappa shape index (κ3) is 8.33. The SMILES string of the molecule is COc1ccc(OCCCC(=O)NCCCc2ccc(OC(C)C)cc2)cc1. The van der Waals surface area contributed by atoms with Crippen LogP contribution in [0.4, 0.5) is 0 Å². The molecule has 0 atom stereocenters. The summed E-state index contributed by atoms with van der Waals surface area (Å²) in [6, 6.07) is 15.6. The largest absolute Gasteiger partial charge is 0.497 e. The number of carbonyl (C=O) groups excluding carboxylic acids is 1. The first-order chi connectivity index (χ1) is 13.6. The van der Waals surface area contributed by atoms with Crippen molar-refractivity contribution in [1.29, 1.82) is 0 Å². The summed E-state index contributed by atoms with van der Waals surface area (Å²) in [7, 11) is 1.63. The summed E-state index contributed by atoms with van der Waals surface area (Å²) in [4.78, 5) is 11.9. The van der Waals surface area contributed by atoms with Crippen molar-refractivity contribution in [3.8, 4) is 17.2 Å². The summed E-state index contributed by atoms with van der Waals surface area (Å²) in [5, 5.41) is 2.97. The zero-order valence-corrected chi connectivity index (χ0v) is 17.1. The molecule has 5 nitrogen and oxygen atoms in total. The lowest BCUT2D eigenvalue weighted by Crippen LogP contribution is -2.24. The molecule has 0 saturated carbocycles. The Labute approximate surface area is 168 Å². The van der Waals surface area contributed by atoms with Crippen LogP contribution in [-0.4, -0.2) is 32.3 Å². The van der Waals surface area contributed by atoms with Gasteiger partial charge in [-0.1, -0.05) is 12.1 Å². The number of hydrogen-bond donors (Lipinski definition) is 1. The number of methoxy groups -OCH3 is 1. The average Bonchev–Trinajstić information content (AvgIpc) is 2.70. The lowest BCUT2D eigenvalue weighted by atomic mass is 10.1. The fourth-order valence-electron chi connectivity index (χ4n) is 2.71. The summed E-state index contributed by atoms with van der Waals surface area (Å²) in [6.45, 7) is 5.23. The zero-order chi connectivity index (χ0) is 20.2. The van der Waals surface area contributed by atoms with Crippen molar-refractivity contribution in [3.63, 3.8) is 0 Å². The normalized spacial score (nSPS) is 10.6. The summed E-state index contributed by atoms with van der Waals surface area (Å²) in [5.74, 6) is 2.54. The fraction of sp³-hybridized carbons (Fsp3) is 0.435. The van der Waals surface area contributed by atoms with E-state index in [0.29, 0.717) is 26.0 Å². The number of benzene rings is 2. The molecule has 0 aliphatic carbocycles. The number of aryl methyl sites for hydroxylation is 1. The van der Waals surface area contributed by atoms with Crippen LogP contribution < -0.4 is 19.5 Å². The Morgan fingerprint density at radius 3 is 2.21 bits per heavy atom. The summed E-state index contributed by atoms with van der Waals surface area (Å²) >= 11 is 0. The van der Waals surface area contributed by atoms with E-state index in [4.69, 9.17) is 14.2 Å². The molecule has 0 aromatic heterocycles. The number of hydrogen-bond acceptors (Lipinski definition) is 4. The Morgan fingerprint density at radius 1 is 0.929 bits per heavy atom. The van der Waals surface area contributed by atoms with Crippen molar-refractivity contribution in [2.24, 2.45) is 0 Å². The first-order valence-electron chi connectivity index (χ1n) is 9.86. The predicted octanol–water partition coefficient (Wildman–Crippen LogP) is 4.39. The summed E-state index contributed by atoms with van der Waals surface area (Å²) in [5.41, 5.74) is 1.25. The maximum Gasteiger partial charge on any atom is 0.220 e. The van der Waals surface area contributed by atoms with E-state index in [1.165, 1.54) is 5.56 Å². The van der Waals surface area contributed by atoms with Crippen molar-refractivity contribution in [2.75, 3.05) is 20.3 Å². The van der Waals surface area contributed by atoms with Gasteiger partial charge in [0.2, 0.25) is 5.91 Å². The third-order valence-corrected chi connectivity index (χ3v) is 4.14. The molecule has 28 heavy (non-hydrogen) atoms. The maximum absolute atomic E-state index is 11.9. The van der Waals surface area contributed by atoms with Crippen LogP contribution in [0.1, 0.15) is 38.7 Å². The Bertz CT molecular complexity index is 696. The molecule has 0 spiro atoms. The van der Waals surface area contributed by atoms with Gasteiger partial charge in [-0.05, 0) is 75.1 Å². The molecule has 2 aromatic rings. The highest BCUT2D eigenvalue weighted by Gasteiger charge is 2.03. The highest BCUT2D eigenvalue weighted by Crippen LogP contribution is 2.17. The molecule has 2 rings (SSSR count). The first-order valence-corrected chi connectivity index (χ1v) is 9.86. The maximum atomic E-state index is 11.9. The van der Waals surface area contributed by atoms with Crippen LogP contribution in [0.25, 0.3) is 0 Å². The first kappa shape index (κ1) is 21.6. The van der Waals surface area contributed by atoms with Gasteiger partial charge in [0.25, 0.3) is 0 Å². The minimum absolute atomic E-state index is 0.0685. The number of carbonyl (C=O) groups is 1. The Kier molecular flexibility index (Phi) is 9.19. The number of nitrogens with one attached hydrogen (secondary N) is 1. The van der Waals surface area contributed by atoms with E-state index < -0.39 is 0 Å². The van der Waals surface area contributed by atoms with E-state index in [0.717, 1.165) is 30.1 Å². The smallest absolute Gasteiger partial charge is 0.220 e. The molecular formula is C23H31NO4. The van der Waals surface area contributed by atoms with Crippen molar-refractivity contribution in [1.82, 2.24) is 5.32 Å². The van der Waals surface area contributed by atoms with Gasteiger partial charge in [0.05, 0.1) is 19.8 Å². The van der Waals surface area contributed by atoms with Gasteiger partial charge in [-0.25, -0.2) is 0 Å². The molecule has 5 heteroatoms. The zero-order valence-electron chi connectivity index (χ0n) is 17.1. The van der Waals surface area contributed by atoms with Gasteiger partial charge >= 0.3 is 0 Å². The molecule has 0 bridgehead atoms. The standard InChI is InChI=1S/C23H31NO4/c1-18(2)28-22-10-8-19(9-11-22)6-4-16-24-23(25)7-5-17-27-21-14-12-20(26-3)13-15-21/h8-15,18H,4-7,16-17H2,1-3H3,(H,24,25). The predicted molar refractivity (Wildman–Crippen MR) is 111 cm³/mol. The quantitative estimate of drug-likeness (QED) is 0.551. The highest BCUT2D eigenvalue weighted by atomic mass is 16.5. The monoisotopic (exact) mass is 385 g/mol. The van der Waals surface area contributed by atoms with Gasteiger partial charge in [-0.2, -0.15) is 0 Å². The second kappa shape index (κ2) is 11.9. The Balaban J connectivity index is 1.53. The fourth-order valence-corrected chi connectivity index (χ4v) is 2.71. The lowest BCUT2D eigenvalue weighted by molar-refractivity contribution is -0.121. The van der Waals surface area contributed by atoms with Crippen LogP contribution >= 0.6 is 0 Å². The van der Waals surface area contributed by atoms with Gasteiger partial charge in [0, 0.05) is 13.0 Å². The average molecular weight is 386 g/mol. The molecule has 0 heterocycles. The van der Waals surface area contributed by atoms with Crippen LogP contribution in [0.5, 0.6) is 17.2 Å². The van der Waals surface area contributed by atoms with Gasteiger partial charge in [-0.3, -0.25) is 4.79 Å². The number of rotatable bonds is 12. The summed E-state index contributed by atoms with van der Waals surface area (Å²) in [6.07, 6.45) is 3.19. The van der Waals surface area contributed by atoms with E-state index in [2.05, 4.69) is 17.4 Å². The van der Waals surface area contributed by atoms with Gasteiger partial charge < -0.3 is 19.5 Å². The molecule has 2 aromatic carbocycles. The molecule has 1 amide bonds. The van der Waals surface area contributed by atoms with E-state index in [-0.39, 0.29) is 12.0 Å². The van der Waals surface area contributed by atoms with Gasteiger partial charge in [-0.15, -0.1) is 0 Å². The van der Waals surface area contributed by atoms with Gasteiger partial charge in [0.15, 0.2) is 0 Å². The van der Waals surface area contributed by atoms with Crippen molar-refractivity contribution >= 4 is 5.91 Å². The van der Waals surface area contributed by atoms with Crippen molar-refractivity contribution in [2.45, 2.75) is 45.6 Å². The number of amides is 1. The minimum Gasteiger partial charge on any atom is -0.497 e. The van der Waals surface area contributed by atoms with E-state index in [1.807, 2.05) is 50.2 Å². The van der Waals surface area contributed by atoms with Crippen LogP contribution in [0.15, 0.2) is 48.5 Å². The molecule has 0 saturated heterocycles. The second-order valence-electron chi connectivity index (χ2n) is 6.89. The van der Waals surface area contributed by atoms with Crippen molar-refractivity contribution in [3.05, 3.63) is 54.1 Å². The third-order valence-electron chi connectivity index (χ3n) is 4.14. The lowest BCUT2D eigenvalue weighted by Gasteiger charge is -2.10. The number of ether oxygens (including phenoxy) is 3. The van der Waals surface area contributed by atoms with Crippen LogP contribution in [0.3, 0.4) is 0 Å². The minimum atomic E-state index is 0.0685. The molecule has 0 aliphatic rings. The Hall–Kier alpha value is -2.69. The van der Waals surface area contributed by atoms with Crippen LogP contribution in [0, 0.1) is 0 Å². The molecular weight excluding hydrogens is 354 g/mol. The van der Waals surface area contributed by atoms with Crippen molar-refractivity contribution < 1.29 is 19.0 Å². The van der Waals surface area contributed by atoms with Crippen LogP contribution in [0.2, 0.25) is 0 Å². The Morgan fingerprint density at radius 2 is 1.57 bits per heavy atom. The van der Waals surface area contributed by atoms with E-state index in [9.17, 15) is 4.79 Å². The molecule has 0 radical (unpaired) electrons. The van der Waals surface area contributed by atoms with E-state index >= 15 is 0 Å². The molecule has 0 aliphatic heterocycles. The molecule has 0 fully saturated rings.